The Hall–Kier alpha value is -1.59. The van der Waals surface area contributed by atoms with Gasteiger partial charge in [0.15, 0.2) is 0 Å². The third-order valence-electron chi connectivity index (χ3n) is 0.747. The zero-order valence-corrected chi connectivity index (χ0v) is 6.12. The molecule has 0 bridgehead atoms. The molecule has 1 atom stereocenters. The van der Waals surface area contributed by atoms with E-state index < -0.39 is 30.2 Å². The first-order valence-electron chi connectivity index (χ1n) is 4.31. The number of carbonyl (C=O) groups excluding carboxylic acids is 1. The van der Waals surface area contributed by atoms with Crippen molar-refractivity contribution >= 4 is 17.8 Å². The maximum atomic E-state index is 10.6. The highest BCUT2D eigenvalue weighted by Gasteiger charge is 2.21. The molecule has 0 heterocycles. The molecule has 0 rings (SSSR count). The third-order valence-corrected chi connectivity index (χ3v) is 0.747. The first-order valence-corrected chi connectivity index (χ1v) is 2.81. The highest BCUT2D eigenvalue weighted by atomic mass is 16.4. The summed E-state index contributed by atoms with van der Waals surface area (Å²) in [5, 5.41) is 18.4. The molecular weight excluding hydrogens is 167 g/mol. The van der Waals surface area contributed by atoms with Crippen LogP contribution in [0.4, 0.5) is 0 Å². The Kier molecular flexibility index (Phi) is 2.16. The van der Waals surface area contributed by atoms with Gasteiger partial charge in [0.2, 0.25) is 5.91 Å². The van der Waals surface area contributed by atoms with Crippen LogP contribution in [-0.4, -0.2) is 34.1 Å². The molecule has 0 aromatic rings. The SMILES string of the molecule is [2H]C([2H])(C(=O)O)[13C]([2H])(NC(C)=O)C(=O)O. The second-order valence-electron chi connectivity index (χ2n) is 1.79. The van der Waals surface area contributed by atoms with Crippen LogP contribution in [0.2, 0.25) is 0 Å². The Morgan fingerprint density at radius 3 is 2.33 bits per heavy atom. The van der Waals surface area contributed by atoms with Crippen molar-refractivity contribution in [1.29, 1.82) is 0 Å². The van der Waals surface area contributed by atoms with Gasteiger partial charge in [0, 0.05) is 9.67 Å². The Balaban J connectivity index is 5.38. The molecular formula is C6H9NO5. The summed E-state index contributed by atoms with van der Waals surface area (Å²) in [5.41, 5.74) is 0. The smallest absolute Gasteiger partial charge is 0.326 e. The predicted molar refractivity (Wildman–Crippen MR) is 37.5 cm³/mol. The van der Waals surface area contributed by atoms with Crippen molar-refractivity contribution in [3.05, 3.63) is 0 Å². The molecule has 0 saturated heterocycles. The first kappa shape index (κ1) is 5.99. The van der Waals surface area contributed by atoms with Crippen molar-refractivity contribution in [2.45, 2.75) is 19.3 Å². The monoisotopic (exact) mass is 179 g/mol. The Labute approximate surface area is 72.4 Å². The quantitative estimate of drug-likeness (QED) is 0.483. The average Bonchev–Trinajstić information content (AvgIpc) is 2.01. The molecule has 12 heavy (non-hydrogen) atoms. The van der Waals surface area contributed by atoms with E-state index in [0.717, 1.165) is 6.92 Å². The van der Waals surface area contributed by atoms with E-state index in [1.165, 1.54) is 5.32 Å². The number of carbonyl (C=O) groups is 3. The average molecular weight is 179 g/mol. The van der Waals surface area contributed by atoms with Gasteiger partial charge in [-0.05, 0) is 0 Å². The van der Waals surface area contributed by atoms with Gasteiger partial charge in [0.05, 0.1) is 7.74 Å². The number of hydrogen-bond acceptors (Lipinski definition) is 3. The molecule has 1 amide bonds. The van der Waals surface area contributed by atoms with E-state index in [0.29, 0.717) is 0 Å². The fourth-order valence-corrected chi connectivity index (χ4v) is 0.421. The first-order chi connectivity index (χ1) is 6.55. The lowest BCUT2D eigenvalue weighted by atomic mass is 10.5. The Morgan fingerprint density at radius 1 is 1.58 bits per heavy atom. The van der Waals surface area contributed by atoms with Gasteiger partial charge in [-0.3, -0.25) is 9.59 Å². The lowest BCUT2D eigenvalue weighted by Crippen LogP contribution is -2.41. The van der Waals surface area contributed by atoms with E-state index >= 15 is 0 Å². The fourth-order valence-electron chi connectivity index (χ4n) is 0.421. The summed E-state index contributed by atoms with van der Waals surface area (Å²) in [6, 6.07) is -3.26. The predicted octanol–water partition coefficient (Wildman–Crippen LogP) is -0.950. The maximum absolute atomic E-state index is 10.6. The molecule has 0 fully saturated rings. The Bertz CT molecular complexity index is 318. The van der Waals surface area contributed by atoms with Crippen molar-refractivity contribution in [3.63, 3.8) is 0 Å². The van der Waals surface area contributed by atoms with E-state index in [9.17, 15) is 14.4 Å². The van der Waals surface area contributed by atoms with Crippen molar-refractivity contribution < 1.29 is 28.7 Å². The topological polar surface area (TPSA) is 104 Å². The van der Waals surface area contributed by atoms with Crippen LogP contribution in [0.3, 0.4) is 0 Å². The maximum Gasteiger partial charge on any atom is 0.326 e. The molecule has 1 unspecified atom stereocenters. The fraction of sp³-hybridized carbons (Fsp3) is 0.500. The standard InChI is InChI=1S/C6H9NO5/c1-3(8)7-4(6(11)12)2-5(9)10/h4H,2H2,1H3,(H,7,8)(H,9,10)(H,11,12)/i2D2,4+1D. The number of carboxylic acid groups (broad SMARTS) is 2. The van der Waals surface area contributed by atoms with Gasteiger partial charge in [-0.2, -0.15) is 0 Å². The summed E-state index contributed by atoms with van der Waals surface area (Å²) < 4.78 is 21.0. The van der Waals surface area contributed by atoms with Crippen molar-refractivity contribution in [2.75, 3.05) is 0 Å². The lowest BCUT2D eigenvalue weighted by Gasteiger charge is -2.09. The van der Waals surface area contributed by atoms with Crippen LogP contribution in [0.5, 0.6) is 0 Å². The molecule has 0 aromatic heterocycles. The van der Waals surface area contributed by atoms with Crippen molar-refractivity contribution in [2.24, 2.45) is 0 Å². The molecule has 68 valence electrons. The molecule has 6 nitrogen and oxygen atoms in total. The molecule has 0 radical (unpaired) electrons. The summed E-state index contributed by atoms with van der Waals surface area (Å²) in [4.78, 5) is 31.6. The largest absolute Gasteiger partial charge is 0.481 e. The molecule has 6 heteroatoms. The summed E-state index contributed by atoms with van der Waals surface area (Å²) in [7, 11) is 0. The van der Waals surface area contributed by atoms with Gasteiger partial charge >= 0.3 is 11.9 Å². The lowest BCUT2D eigenvalue weighted by molar-refractivity contribution is -0.147. The van der Waals surface area contributed by atoms with Crippen LogP contribution in [0, 0.1) is 0 Å². The highest BCUT2D eigenvalue weighted by molar-refractivity contribution is 5.85. The minimum absolute atomic E-state index is 0.851. The number of hydrogen-bond donors (Lipinski definition) is 3. The Morgan fingerprint density at radius 2 is 2.08 bits per heavy atom. The summed E-state index contributed by atoms with van der Waals surface area (Å²) in [5.74, 6) is -5.25. The van der Waals surface area contributed by atoms with Gasteiger partial charge in [-0.15, -0.1) is 0 Å². The number of carboxylic acids is 2. The number of amides is 1. The molecule has 0 aliphatic carbocycles. The molecule has 0 aromatic carbocycles. The molecule has 0 aliphatic heterocycles. The summed E-state index contributed by atoms with van der Waals surface area (Å²) >= 11 is 0. The minimum atomic E-state index is -3.44. The number of nitrogens with one attached hydrogen (secondary N) is 1. The van der Waals surface area contributed by atoms with Crippen molar-refractivity contribution in [3.8, 4) is 0 Å². The van der Waals surface area contributed by atoms with E-state index in [-0.39, 0.29) is 0 Å². The van der Waals surface area contributed by atoms with Gasteiger partial charge in [0.25, 0.3) is 0 Å². The molecule has 3 N–H and O–H groups in total. The number of aliphatic carboxylic acids is 2. The third kappa shape index (κ3) is 4.26. The van der Waals surface area contributed by atoms with Gasteiger partial charge < -0.3 is 15.5 Å². The summed E-state index contributed by atoms with van der Waals surface area (Å²) in [6.07, 6.45) is -3.44. The summed E-state index contributed by atoms with van der Waals surface area (Å²) in [6.45, 7) is 0.851. The van der Waals surface area contributed by atoms with Crippen molar-refractivity contribution in [1.82, 2.24) is 5.32 Å². The molecule has 0 aliphatic rings. The van der Waals surface area contributed by atoms with E-state index in [1.807, 2.05) is 0 Å². The zero-order chi connectivity index (χ0) is 12.4. The van der Waals surface area contributed by atoms with Gasteiger partial charge in [-0.1, -0.05) is 0 Å². The van der Waals surface area contributed by atoms with Crippen LogP contribution in [0.15, 0.2) is 0 Å². The second-order valence-corrected chi connectivity index (χ2v) is 1.79. The van der Waals surface area contributed by atoms with E-state index in [1.54, 1.807) is 0 Å². The second kappa shape index (κ2) is 4.32. The van der Waals surface area contributed by atoms with Gasteiger partial charge in [-0.25, -0.2) is 4.79 Å². The van der Waals surface area contributed by atoms with Crippen LogP contribution in [-0.2, 0) is 14.4 Å². The van der Waals surface area contributed by atoms with Crippen LogP contribution >= 0.6 is 0 Å². The van der Waals surface area contributed by atoms with E-state index in [2.05, 4.69) is 0 Å². The van der Waals surface area contributed by atoms with Crippen LogP contribution in [0.1, 0.15) is 17.4 Å². The zero-order valence-electron chi connectivity index (χ0n) is 9.12. The van der Waals surface area contributed by atoms with E-state index in [4.69, 9.17) is 14.3 Å². The van der Waals surface area contributed by atoms with Gasteiger partial charge in [0.1, 0.15) is 6.02 Å². The minimum Gasteiger partial charge on any atom is -0.481 e. The number of rotatable bonds is 4. The van der Waals surface area contributed by atoms with Crippen LogP contribution < -0.4 is 5.32 Å². The molecule has 0 saturated carbocycles. The molecule has 0 spiro atoms. The van der Waals surface area contributed by atoms with Crippen LogP contribution in [0.25, 0.3) is 0 Å². The normalized spacial score (nSPS) is 19.2. The highest BCUT2D eigenvalue weighted by Crippen LogP contribution is 1.91.